The van der Waals surface area contributed by atoms with Gasteiger partial charge >= 0.3 is 0 Å². The van der Waals surface area contributed by atoms with E-state index in [9.17, 15) is 14.0 Å². The molecular weight excluding hydrogens is 461 g/mol. The summed E-state index contributed by atoms with van der Waals surface area (Å²) in [6, 6.07) is 19.1. The number of rotatable bonds is 9. The molecule has 8 heteroatoms. The minimum Gasteiger partial charge on any atom is -0.494 e. The molecule has 36 heavy (non-hydrogen) atoms. The molecule has 0 aromatic heterocycles. The highest BCUT2D eigenvalue weighted by molar-refractivity contribution is 5.95. The predicted molar refractivity (Wildman–Crippen MR) is 134 cm³/mol. The molecule has 2 amide bonds. The molecule has 1 aliphatic heterocycles. The SMILES string of the molecule is COc1ccc(CN2CCC(NC(=O)c3cccc(COc4ccccc4C(N)=O)c3)CC2)cc1F. The van der Waals surface area contributed by atoms with Gasteiger partial charge in [0.2, 0.25) is 0 Å². The molecule has 3 aromatic rings. The molecule has 3 aromatic carbocycles. The summed E-state index contributed by atoms with van der Waals surface area (Å²) < 4.78 is 24.7. The van der Waals surface area contributed by atoms with E-state index in [1.165, 1.54) is 13.2 Å². The van der Waals surface area contributed by atoms with Crippen molar-refractivity contribution in [1.29, 1.82) is 0 Å². The van der Waals surface area contributed by atoms with E-state index in [4.69, 9.17) is 15.2 Å². The zero-order chi connectivity index (χ0) is 25.5. The average Bonchev–Trinajstić information content (AvgIpc) is 2.89. The van der Waals surface area contributed by atoms with Crippen molar-refractivity contribution in [2.45, 2.75) is 32.0 Å². The second kappa shape index (κ2) is 11.7. The van der Waals surface area contributed by atoms with Crippen LogP contribution in [0.25, 0.3) is 0 Å². The van der Waals surface area contributed by atoms with Crippen molar-refractivity contribution >= 4 is 11.8 Å². The Morgan fingerprint density at radius 2 is 1.78 bits per heavy atom. The maximum Gasteiger partial charge on any atom is 0.252 e. The third kappa shape index (κ3) is 6.40. The standard InChI is InChI=1S/C28H30FN3O4/c1-35-26-10-9-19(16-24(26)29)17-32-13-11-22(12-14-32)31-28(34)21-6-4-5-20(15-21)18-36-25-8-3-2-7-23(25)27(30)33/h2-10,15-16,22H,11-14,17-18H2,1H3,(H2,30,33)(H,31,34). The minimum absolute atomic E-state index is 0.0729. The first-order chi connectivity index (χ1) is 17.4. The summed E-state index contributed by atoms with van der Waals surface area (Å²) in [4.78, 5) is 26.7. The van der Waals surface area contributed by atoms with E-state index in [2.05, 4.69) is 10.2 Å². The number of ether oxygens (including phenoxy) is 2. The Labute approximate surface area is 210 Å². The maximum absolute atomic E-state index is 14.0. The summed E-state index contributed by atoms with van der Waals surface area (Å²) in [6.45, 7) is 2.48. The molecule has 0 aliphatic carbocycles. The number of hydrogen-bond donors (Lipinski definition) is 2. The van der Waals surface area contributed by atoms with Crippen LogP contribution >= 0.6 is 0 Å². The molecule has 0 unspecified atom stereocenters. The van der Waals surface area contributed by atoms with E-state index < -0.39 is 5.91 Å². The number of likely N-dealkylation sites (tertiary alicyclic amines) is 1. The van der Waals surface area contributed by atoms with Crippen LogP contribution in [0, 0.1) is 5.82 Å². The van der Waals surface area contributed by atoms with Crippen molar-refractivity contribution in [1.82, 2.24) is 10.2 Å². The molecule has 1 heterocycles. The van der Waals surface area contributed by atoms with Crippen molar-refractivity contribution in [3.05, 3.63) is 94.8 Å². The van der Waals surface area contributed by atoms with Gasteiger partial charge in [0.25, 0.3) is 11.8 Å². The molecule has 4 rings (SSSR count). The van der Waals surface area contributed by atoms with E-state index in [-0.39, 0.29) is 30.1 Å². The first-order valence-corrected chi connectivity index (χ1v) is 11.9. The first kappa shape index (κ1) is 25.2. The third-order valence-corrected chi connectivity index (χ3v) is 6.28. The highest BCUT2D eigenvalue weighted by atomic mass is 19.1. The molecule has 1 saturated heterocycles. The molecular formula is C28H30FN3O4. The number of amides is 2. The van der Waals surface area contributed by atoms with Gasteiger partial charge in [0.05, 0.1) is 12.7 Å². The van der Waals surface area contributed by atoms with Crippen LogP contribution in [-0.2, 0) is 13.2 Å². The Kier molecular flexibility index (Phi) is 8.17. The number of carbonyl (C=O) groups excluding carboxylic acids is 2. The molecule has 0 radical (unpaired) electrons. The molecule has 1 aliphatic rings. The topological polar surface area (TPSA) is 93.9 Å². The van der Waals surface area contributed by atoms with Gasteiger partial charge < -0.3 is 20.5 Å². The van der Waals surface area contributed by atoms with Crippen LogP contribution in [0.4, 0.5) is 4.39 Å². The van der Waals surface area contributed by atoms with Gasteiger partial charge in [-0.3, -0.25) is 14.5 Å². The summed E-state index contributed by atoms with van der Waals surface area (Å²) >= 11 is 0. The second-order valence-electron chi connectivity index (χ2n) is 8.84. The number of para-hydroxylation sites is 1. The lowest BCUT2D eigenvalue weighted by molar-refractivity contribution is 0.0908. The van der Waals surface area contributed by atoms with Gasteiger partial charge in [0.15, 0.2) is 11.6 Å². The lowest BCUT2D eigenvalue weighted by atomic mass is 10.0. The van der Waals surface area contributed by atoms with Gasteiger partial charge in [0, 0.05) is 31.2 Å². The summed E-state index contributed by atoms with van der Waals surface area (Å²) in [6.07, 6.45) is 1.63. The molecule has 0 atom stereocenters. The monoisotopic (exact) mass is 491 g/mol. The van der Waals surface area contributed by atoms with E-state index in [0.717, 1.165) is 37.1 Å². The number of piperidine rings is 1. The number of hydrogen-bond acceptors (Lipinski definition) is 5. The van der Waals surface area contributed by atoms with Crippen molar-refractivity contribution in [3.63, 3.8) is 0 Å². The molecule has 0 saturated carbocycles. The van der Waals surface area contributed by atoms with Gasteiger partial charge in [-0.1, -0.05) is 30.3 Å². The first-order valence-electron chi connectivity index (χ1n) is 11.9. The van der Waals surface area contributed by atoms with Crippen LogP contribution in [0.5, 0.6) is 11.5 Å². The smallest absolute Gasteiger partial charge is 0.252 e. The highest BCUT2D eigenvalue weighted by Crippen LogP contribution is 2.21. The number of nitrogens with two attached hydrogens (primary N) is 1. The Balaban J connectivity index is 1.28. The van der Waals surface area contributed by atoms with Gasteiger partial charge in [-0.05, 0) is 60.4 Å². The van der Waals surface area contributed by atoms with Crippen molar-refractivity contribution in [3.8, 4) is 11.5 Å². The van der Waals surface area contributed by atoms with Crippen molar-refractivity contribution in [2.75, 3.05) is 20.2 Å². The van der Waals surface area contributed by atoms with Crippen LogP contribution in [0.3, 0.4) is 0 Å². The van der Waals surface area contributed by atoms with E-state index in [1.54, 1.807) is 42.5 Å². The third-order valence-electron chi connectivity index (χ3n) is 6.28. The molecule has 7 nitrogen and oxygen atoms in total. The second-order valence-corrected chi connectivity index (χ2v) is 8.84. The Morgan fingerprint density at radius 3 is 2.50 bits per heavy atom. The maximum atomic E-state index is 14.0. The Bertz CT molecular complexity index is 1220. The molecule has 1 fully saturated rings. The van der Waals surface area contributed by atoms with Crippen LogP contribution in [0.1, 0.15) is 44.7 Å². The van der Waals surface area contributed by atoms with Crippen LogP contribution in [-0.4, -0.2) is 43.0 Å². The number of nitrogens with one attached hydrogen (secondary N) is 1. The zero-order valence-corrected chi connectivity index (χ0v) is 20.2. The normalized spacial score (nSPS) is 14.3. The largest absolute Gasteiger partial charge is 0.494 e. The Hall–Kier alpha value is -3.91. The van der Waals surface area contributed by atoms with Crippen LogP contribution in [0.2, 0.25) is 0 Å². The number of halogens is 1. The number of benzene rings is 3. The van der Waals surface area contributed by atoms with Crippen LogP contribution in [0.15, 0.2) is 66.7 Å². The number of methoxy groups -OCH3 is 1. The number of primary amides is 1. The zero-order valence-electron chi connectivity index (χ0n) is 20.2. The molecule has 0 bridgehead atoms. The minimum atomic E-state index is -0.555. The fourth-order valence-electron chi connectivity index (χ4n) is 4.33. The highest BCUT2D eigenvalue weighted by Gasteiger charge is 2.22. The summed E-state index contributed by atoms with van der Waals surface area (Å²) in [5, 5.41) is 3.12. The molecule has 0 spiro atoms. The summed E-state index contributed by atoms with van der Waals surface area (Å²) in [5.41, 5.74) is 7.98. The van der Waals surface area contributed by atoms with E-state index in [0.29, 0.717) is 23.4 Å². The number of nitrogens with zero attached hydrogens (tertiary/aromatic N) is 1. The van der Waals surface area contributed by atoms with Crippen molar-refractivity contribution < 1.29 is 23.5 Å². The summed E-state index contributed by atoms with van der Waals surface area (Å²) in [5.74, 6) is -0.400. The number of carbonyl (C=O) groups is 2. The van der Waals surface area contributed by atoms with Gasteiger partial charge in [-0.15, -0.1) is 0 Å². The lowest BCUT2D eigenvalue weighted by Crippen LogP contribution is -2.44. The van der Waals surface area contributed by atoms with Crippen molar-refractivity contribution in [2.24, 2.45) is 5.73 Å². The lowest BCUT2D eigenvalue weighted by Gasteiger charge is -2.32. The van der Waals surface area contributed by atoms with E-state index >= 15 is 0 Å². The molecule has 188 valence electrons. The Morgan fingerprint density at radius 1 is 1.00 bits per heavy atom. The predicted octanol–water partition coefficient (Wildman–Crippen LogP) is 3.91. The average molecular weight is 492 g/mol. The molecule has 3 N–H and O–H groups in total. The summed E-state index contributed by atoms with van der Waals surface area (Å²) in [7, 11) is 1.45. The fourth-order valence-corrected chi connectivity index (χ4v) is 4.33. The van der Waals surface area contributed by atoms with Gasteiger partial charge in [-0.2, -0.15) is 0 Å². The van der Waals surface area contributed by atoms with Gasteiger partial charge in [0.1, 0.15) is 12.4 Å². The van der Waals surface area contributed by atoms with E-state index in [1.807, 2.05) is 18.2 Å². The fraction of sp³-hybridized carbons (Fsp3) is 0.286. The van der Waals surface area contributed by atoms with Gasteiger partial charge in [-0.25, -0.2) is 4.39 Å². The quantitative estimate of drug-likeness (QED) is 0.474. The van der Waals surface area contributed by atoms with Crippen LogP contribution < -0.4 is 20.5 Å².